The van der Waals surface area contributed by atoms with Crippen molar-refractivity contribution in [3.63, 3.8) is 0 Å². The van der Waals surface area contributed by atoms with Crippen molar-refractivity contribution in [3.8, 4) is 11.3 Å². The fourth-order valence-corrected chi connectivity index (χ4v) is 4.01. The van der Waals surface area contributed by atoms with E-state index in [4.69, 9.17) is 4.74 Å². The number of nitrogens with zero attached hydrogens (tertiary/aromatic N) is 3. The van der Waals surface area contributed by atoms with Crippen LogP contribution in [0.4, 0.5) is 5.69 Å². The summed E-state index contributed by atoms with van der Waals surface area (Å²) in [5.74, 6) is 0.587. The normalized spacial score (nSPS) is 19.2. The van der Waals surface area contributed by atoms with Crippen molar-refractivity contribution in [2.45, 2.75) is 39.5 Å². The van der Waals surface area contributed by atoms with Gasteiger partial charge in [0.1, 0.15) is 5.82 Å². The summed E-state index contributed by atoms with van der Waals surface area (Å²) in [6, 6.07) is 17.4. The summed E-state index contributed by atoms with van der Waals surface area (Å²) in [4.78, 5) is 23.7. The van der Waals surface area contributed by atoms with Gasteiger partial charge in [0.2, 0.25) is 0 Å². The molecule has 6 heteroatoms. The van der Waals surface area contributed by atoms with Gasteiger partial charge in [0.15, 0.2) is 0 Å². The first-order valence-corrected chi connectivity index (χ1v) is 10.6. The summed E-state index contributed by atoms with van der Waals surface area (Å²) in [5.41, 5.74) is 4.33. The first kappa shape index (κ1) is 21.2. The Kier molecular flexibility index (Phi) is 6.39. The number of carbonyl (C=O) groups excluding carboxylic acids is 1. The van der Waals surface area contributed by atoms with Gasteiger partial charge in [0.05, 0.1) is 17.9 Å². The highest BCUT2D eigenvalue weighted by atomic mass is 16.5. The molecule has 1 aromatic heterocycles. The highest BCUT2D eigenvalue weighted by Gasteiger charge is 2.22. The zero-order valence-corrected chi connectivity index (χ0v) is 18.2. The number of benzene rings is 2. The van der Waals surface area contributed by atoms with E-state index < -0.39 is 0 Å². The van der Waals surface area contributed by atoms with Gasteiger partial charge in [-0.1, -0.05) is 24.3 Å². The molecule has 3 aromatic rings. The molecule has 1 N–H and O–H groups in total. The monoisotopic (exact) mass is 416 g/mol. The van der Waals surface area contributed by atoms with Gasteiger partial charge in [0.25, 0.3) is 5.91 Å². The number of morpholine rings is 1. The highest BCUT2D eigenvalue weighted by molar-refractivity contribution is 6.04. The molecule has 2 atom stereocenters. The standard InChI is InChI=1S/C25H28N4O2/c1-17-14-29(15-18(2)31-17)16-20-7-9-21(10-8-20)25(30)28-23-6-4-5-22(13-23)24-11-12-26-19(3)27-24/h4-13,17-18H,14-16H2,1-3H3,(H,28,30). The van der Waals surface area contributed by atoms with Crippen LogP contribution in [0.15, 0.2) is 60.8 Å². The predicted molar refractivity (Wildman–Crippen MR) is 122 cm³/mol. The van der Waals surface area contributed by atoms with Crippen molar-refractivity contribution >= 4 is 11.6 Å². The Bertz CT molecular complexity index is 1040. The van der Waals surface area contributed by atoms with Crippen LogP contribution in [0.5, 0.6) is 0 Å². The fraction of sp³-hybridized carbons (Fsp3) is 0.320. The van der Waals surface area contributed by atoms with Gasteiger partial charge in [-0.2, -0.15) is 0 Å². The quantitative estimate of drug-likeness (QED) is 0.671. The Balaban J connectivity index is 1.40. The Morgan fingerprint density at radius 2 is 1.84 bits per heavy atom. The van der Waals surface area contributed by atoms with E-state index >= 15 is 0 Å². The molecule has 1 fully saturated rings. The molecular weight excluding hydrogens is 388 g/mol. The number of rotatable bonds is 5. The summed E-state index contributed by atoms with van der Waals surface area (Å²) >= 11 is 0. The lowest BCUT2D eigenvalue weighted by molar-refractivity contribution is -0.0704. The Morgan fingerprint density at radius 1 is 1.10 bits per heavy atom. The van der Waals surface area contributed by atoms with Gasteiger partial charge in [0, 0.05) is 42.6 Å². The van der Waals surface area contributed by atoms with E-state index in [1.807, 2.05) is 61.5 Å². The Morgan fingerprint density at radius 3 is 2.55 bits per heavy atom. The molecule has 2 unspecified atom stereocenters. The highest BCUT2D eigenvalue weighted by Crippen LogP contribution is 2.21. The molecule has 0 radical (unpaired) electrons. The van der Waals surface area contributed by atoms with E-state index in [1.54, 1.807) is 6.20 Å². The zero-order chi connectivity index (χ0) is 21.8. The minimum absolute atomic E-state index is 0.129. The van der Waals surface area contributed by atoms with Gasteiger partial charge in [-0.25, -0.2) is 9.97 Å². The summed E-state index contributed by atoms with van der Waals surface area (Å²) < 4.78 is 5.80. The number of nitrogens with one attached hydrogen (secondary N) is 1. The van der Waals surface area contributed by atoms with Crippen LogP contribution in [0.3, 0.4) is 0 Å². The third-order valence-corrected chi connectivity index (χ3v) is 5.31. The van der Waals surface area contributed by atoms with Gasteiger partial charge in [-0.15, -0.1) is 0 Å². The molecule has 1 amide bonds. The van der Waals surface area contributed by atoms with Crippen LogP contribution in [0, 0.1) is 6.92 Å². The molecule has 6 nitrogen and oxygen atoms in total. The van der Waals surface area contributed by atoms with E-state index in [9.17, 15) is 4.79 Å². The molecule has 31 heavy (non-hydrogen) atoms. The van der Waals surface area contributed by atoms with Crippen LogP contribution in [0.2, 0.25) is 0 Å². The van der Waals surface area contributed by atoms with E-state index in [2.05, 4.69) is 34.0 Å². The predicted octanol–water partition coefficient (Wildman–Crippen LogP) is 4.31. The molecule has 1 aliphatic rings. The lowest BCUT2D eigenvalue weighted by atomic mass is 10.1. The first-order chi connectivity index (χ1) is 15.0. The molecule has 160 valence electrons. The molecule has 2 aromatic carbocycles. The molecular formula is C25H28N4O2. The fourth-order valence-electron chi connectivity index (χ4n) is 4.01. The number of ether oxygens (including phenoxy) is 1. The second kappa shape index (κ2) is 9.37. The molecule has 0 bridgehead atoms. The smallest absolute Gasteiger partial charge is 0.255 e. The van der Waals surface area contributed by atoms with Gasteiger partial charge in [-0.3, -0.25) is 9.69 Å². The lowest BCUT2D eigenvalue weighted by Crippen LogP contribution is -2.44. The van der Waals surface area contributed by atoms with E-state index in [0.717, 1.165) is 36.6 Å². The molecule has 1 aliphatic heterocycles. The number of hydrogen-bond donors (Lipinski definition) is 1. The summed E-state index contributed by atoms with van der Waals surface area (Å²) in [7, 11) is 0. The van der Waals surface area contributed by atoms with Crippen molar-refractivity contribution < 1.29 is 9.53 Å². The van der Waals surface area contributed by atoms with Gasteiger partial charge < -0.3 is 10.1 Å². The third kappa shape index (κ3) is 5.54. The van der Waals surface area contributed by atoms with E-state index in [0.29, 0.717) is 11.4 Å². The third-order valence-electron chi connectivity index (χ3n) is 5.31. The summed E-state index contributed by atoms with van der Waals surface area (Å²) in [5, 5.41) is 2.99. The van der Waals surface area contributed by atoms with Crippen molar-refractivity contribution in [3.05, 3.63) is 77.7 Å². The second-order valence-electron chi connectivity index (χ2n) is 8.17. The zero-order valence-electron chi connectivity index (χ0n) is 18.2. The van der Waals surface area contributed by atoms with E-state index in [1.165, 1.54) is 5.56 Å². The Hall–Kier alpha value is -3.09. The van der Waals surface area contributed by atoms with Crippen LogP contribution < -0.4 is 5.32 Å². The maximum Gasteiger partial charge on any atom is 0.255 e. The number of carbonyl (C=O) groups is 1. The topological polar surface area (TPSA) is 67.4 Å². The minimum atomic E-state index is -0.129. The number of amides is 1. The second-order valence-corrected chi connectivity index (χ2v) is 8.17. The largest absolute Gasteiger partial charge is 0.373 e. The van der Waals surface area contributed by atoms with Gasteiger partial charge in [-0.05, 0) is 56.7 Å². The van der Waals surface area contributed by atoms with Crippen LogP contribution in [0.1, 0.15) is 35.6 Å². The summed E-state index contributed by atoms with van der Waals surface area (Å²) in [6.45, 7) is 8.79. The number of aryl methyl sites for hydroxylation is 1. The van der Waals surface area contributed by atoms with Crippen molar-refractivity contribution in [1.82, 2.24) is 14.9 Å². The molecule has 4 rings (SSSR count). The van der Waals surface area contributed by atoms with Crippen LogP contribution in [-0.2, 0) is 11.3 Å². The van der Waals surface area contributed by atoms with Crippen LogP contribution in [-0.4, -0.2) is 46.1 Å². The van der Waals surface area contributed by atoms with E-state index in [-0.39, 0.29) is 18.1 Å². The minimum Gasteiger partial charge on any atom is -0.373 e. The Labute approximate surface area is 183 Å². The van der Waals surface area contributed by atoms with Crippen LogP contribution >= 0.6 is 0 Å². The average molecular weight is 417 g/mol. The first-order valence-electron chi connectivity index (χ1n) is 10.6. The molecule has 1 saturated heterocycles. The average Bonchev–Trinajstić information content (AvgIpc) is 2.74. The molecule has 0 aliphatic carbocycles. The SMILES string of the molecule is Cc1nccc(-c2cccc(NC(=O)c3ccc(CN4CC(C)OC(C)C4)cc3)c2)n1. The van der Waals surface area contributed by atoms with Gasteiger partial charge >= 0.3 is 0 Å². The van der Waals surface area contributed by atoms with Crippen molar-refractivity contribution in [2.75, 3.05) is 18.4 Å². The maximum absolute atomic E-state index is 12.7. The summed E-state index contributed by atoms with van der Waals surface area (Å²) in [6.07, 6.45) is 2.23. The van der Waals surface area contributed by atoms with Crippen molar-refractivity contribution in [1.29, 1.82) is 0 Å². The molecule has 0 spiro atoms. The van der Waals surface area contributed by atoms with Crippen molar-refractivity contribution in [2.24, 2.45) is 0 Å². The maximum atomic E-state index is 12.7. The number of aromatic nitrogens is 2. The van der Waals surface area contributed by atoms with Crippen LogP contribution in [0.25, 0.3) is 11.3 Å². The lowest BCUT2D eigenvalue weighted by Gasteiger charge is -2.35. The number of anilines is 1. The number of hydrogen-bond acceptors (Lipinski definition) is 5. The molecule has 0 saturated carbocycles. The molecule has 2 heterocycles.